The number of rotatable bonds is 5. The summed E-state index contributed by atoms with van der Waals surface area (Å²) < 4.78 is 8.15. The molecule has 1 N–H and O–H groups in total. The number of nitrogens with zero attached hydrogens (tertiary/aromatic N) is 3. The number of aryl methyl sites for hydroxylation is 1. The van der Waals surface area contributed by atoms with Crippen molar-refractivity contribution in [1.82, 2.24) is 20.2 Å². The second kappa shape index (κ2) is 8.84. The van der Waals surface area contributed by atoms with Gasteiger partial charge in [0.25, 0.3) is 11.8 Å². The molecule has 0 bridgehead atoms. The first-order valence-electron chi connectivity index (χ1n) is 10.5. The lowest BCUT2D eigenvalue weighted by Gasteiger charge is -2.32. The zero-order chi connectivity index (χ0) is 22.1. The quantitative estimate of drug-likeness (QED) is 0.480. The van der Waals surface area contributed by atoms with Crippen molar-refractivity contribution in [3.63, 3.8) is 0 Å². The van der Waals surface area contributed by atoms with Gasteiger partial charge in [0.05, 0.1) is 25.5 Å². The van der Waals surface area contributed by atoms with Gasteiger partial charge in [-0.15, -0.1) is 22.7 Å². The van der Waals surface area contributed by atoms with Crippen molar-refractivity contribution in [3.05, 3.63) is 52.6 Å². The molecule has 0 aliphatic carbocycles. The standard InChI is InChI=1S/C23H22N4O3S2/c1-14-25-21-19(32-14)11-18(17-6-10-31-22(17)21)30-13-20(28)27-8-4-16(5-9-27)26-23(29)15-3-2-7-24-12-15/h2-3,6-7,10-12,16H,4-5,8-9,13H2,1H3,(H,26,29). The number of likely N-dealkylation sites (tertiary alicyclic amines) is 1. The lowest BCUT2D eigenvalue weighted by molar-refractivity contribution is -0.134. The summed E-state index contributed by atoms with van der Waals surface area (Å²) in [6.07, 6.45) is 4.64. The van der Waals surface area contributed by atoms with Crippen molar-refractivity contribution in [1.29, 1.82) is 0 Å². The minimum Gasteiger partial charge on any atom is -0.483 e. The van der Waals surface area contributed by atoms with Gasteiger partial charge < -0.3 is 15.0 Å². The van der Waals surface area contributed by atoms with Gasteiger partial charge >= 0.3 is 0 Å². The van der Waals surface area contributed by atoms with Crippen LogP contribution >= 0.6 is 22.7 Å². The number of nitrogens with one attached hydrogen (secondary N) is 1. The molecule has 5 rings (SSSR count). The van der Waals surface area contributed by atoms with Gasteiger partial charge in [0.1, 0.15) is 5.75 Å². The minimum atomic E-state index is -0.125. The number of hydrogen-bond donors (Lipinski definition) is 1. The van der Waals surface area contributed by atoms with Gasteiger partial charge in [-0.1, -0.05) is 0 Å². The molecule has 4 aromatic rings. The van der Waals surface area contributed by atoms with Gasteiger partial charge in [0, 0.05) is 43.0 Å². The van der Waals surface area contributed by atoms with Crippen LogP contribution in [0.2, 0.25) is 0 Å². The van der Waals surface area contributed by atoms with Gasteiger partial charge in [-0.25, -0.2) is 4.98 Å². The van der Waals surface area contributed by atoms with E-state index in [2.05, 4.69) is 15.3 Å². The Hall–Kier alpha value is -3.04. The normalized spacial score (nSPS) is 14.7. The number of aromatic nitrogens is 2. The molecule has 4 heterocycles. The number of benzene rings is 1. The first-order chi connectivity index (χ1) is 15.6. The van der Waals surface area contributed by atoms with E-state index in [1.165, 1.54) is 0 Å². The molecule has 0 spiro atoms. The number of fused-ring (bicyclic) bond motifs is 3. The fourth-order valence-electron chi connectivity index (χ4n) is 3.98. The van der Waals surface area contributed by atoms with Crippen LogP contribution < -0.4 is 10.1 Å². The van der Waals surface area contributed by atoms with Crippen LogP contribution in [0.3, 0.4) is 0 Å². The van der Waals surface area contributed by atoms with Crippen molar-refractivity contribution in [3.8, 4) is 5.75 Å². The van der Waals surface area contributed by atoms with Gasteiger partial charge in [-0.2, -0.15) is 0 Å². The molecule has 1 saturated heterocycles. The molecule has 0 saturated carbocycles. The number of thiazole rings is 1. The molecule has 3 aromatic heterocycles. The molecule has 0 unspecified atom stereocenters. The van der Waals surface area contributed by atoms with Crippen LogP contribution in [0.4, 0.5) is 0 Å². The smallest absolute Gasteiger partial charge is 0.260 e. The van der Waals surface area contributed by atoms with E-state index in [-0.39, 0.29) is 24.5 Å². The van der Waals surface area contributed by atoms with Gasteiger partial charge in [0.2, 0.25) is 0 Å². The molecule has 164 valence electrons. The Bertz CT molecular complexity index is 1280. The van der Waals surface area contributed by atoms with E-state index in [1.807, 2.05) is 29.3 Å². The number of amides is 2. The zero-order valence-electron chi connectivity index (χ0n) is 17.5. The Morgan fingerprint density at radius 2 is 2.12 bits per heavy atom. The maximum absolute atomic E-state index is 12.8. The average molecular weight is 467 g/mol. The highest BCUT2D eigenvalue weighted by Crippen LogP contribution is 2.38. The second-order valence-corrected chi connectivity index (χ2v) is 9.93. The van der Waals surface area contributed by atoms with Crippen molar-refractivity contribution < 1.29 is 14.3 Å². The van der Waals surface area contributed by atoms with E-state index >= 15 is 0 Å². The van der Waals surface area contributed by atoms with E-state index in [0.717, 1.165) is 43.9 Å². The maximum Gasteiger partial charge on any atom is 0.260 e. The number of carbonyl (C=O) groups excluding carboxylic acids is 2. The fraction of sp³-hybridized carbons (Fsp3) is 0.304. The number of carbonyl (C=O) groups is 2. The predicted molar refractivity (Wildman–Crippen MR) is 127 cm³/mol. The van der Waals surface area contributed by atoms with Crippen molar-refractivity contribution >= 4 is 54.8 Å². The van der Waals surface area contributed by atoms with Crippen LogP contribution in [0.25, 0.3) is 20.3 Å². The number of hydrogen-bond acceptors (Lipinski definition) is 7. The molecule has 0 radical (unpaired) electrons. The topological polar surface area (TPSA) is 84.4 Å². The zero-order valence-corrected chi connectivity index (χ0v) is 19.2. The molecule has 1 fully saturated rings. The molecule has 1 aliphatic heterocycles. The minimum absolute atomic E-state index is 0.000942. The highest BCUT2D eigenvalue weighted by atomic mass is 32.1. The first-order valence-corrected chi connectivity index (χ1v) is 12.2. The van der Waals surface area contributed by atoms with Crippen LogP contribution in [0, 0.1) is 6.92 Å². The van der Waals surface area contributed by atoms with Gasteiger partial charge in [-0.3, -0.25) is 14.6 Å². The summed E-state index contributed by atoms with van der Waals surface area (Å²) in [5.41, 5.74) is 1.55. The Balaban J connectivity index is 1.18. The number of thiophene rings is 1. The molecular weight excluding hydrogens is 444 g/mol. The van der Waals surface area contributed by atoms with Gasteiger partial charge in [0.15, 0.2) is 6.61 Å². The number of piperidine rings is 1. The molecule has 0 atom stereocenters. The van der Waals surface area contributed by atoms with E-state index in [9.17, 15) is 9.59 Å². The molecule has 1 aromatic carbocycles. The third-order valence-electron chi connectivity index (χ3n) is 5.63. The van der Waals surface area contributed by atoms with Crippen LogP contribution in [-0.2, 0) is 4.79 Å². The van der Waals surface area contributed by atoms with E-state index in [0.29, 0.717) is 18.7 Å². The third kappa shape index (κ3) is 4.18. The first kappa shape index (κ1) is 20.8. The average Bonchev–Trinajstić information content (AvgIpc) is 3.44. The Morgan fingerprint density at radius 1 is 1.28 bits per heavy atom. The summed E-state index contributed by atoms with van der Waals surface area (Å²) in [7, 11) is 0. The fourth-order valence-corrected chi connectivity index (χ4v) is 5.81. The van der Waals surface area contributed by atoms with Crippen LogP contribution in [0.5, 0.6) is 5.75 Å². The summed E-state index contributed by atoms with van der Waals surface area (Å²) >= 11 is 3.27. The van der Waals surface area contributed by atoms with Crippen LogP contribution in [0.1, 0.15) is 28.2 Å². The van der Waals surface area contributed by atoms with Crippen molar-refractivity contribution in [2.45, 2.75) is 25.8 Å². The molecule has 2 amide bonds. The Kier molecular flexibility index (Phi) is 5.75. The lowest BCUT2D eigenvalue weighted by atomic mass is 10.0. The van der Waals surface area contributed by atoms with Gasteiger partial charge in [-0.05, 0) is 43.3 Å². The van der Waals surface area contributed by atoms with Crippen molar-refractivity contribution in [2.75, 3.05) is 19.7 Å². The third-order valence-corrected chi connectivity index (χ3v) is 7.46. The highest BCUT2D eigenvalue weighted by molar-refractivity contribution is 7.21. The summed E-state index contributed by atoms with van der Waals surface area (Å²) in [6, 6.07) is 7.55. The van der Waals surface area contributed by atoms with E-state index < -0.39 is 0 Å². The predicted octanol–water partition coefficient (Wildman–Crippen LogP) is 4.01. The highest BCUT2D eigenvalue weighted by Gasteiger charge is 2.25. The van der Waals surface area contributed by atoms with Crippen LogP contribution in [0.15, 0.2) is 42.0 Å². The summed E-state index contributed by atoms with van der Waals surface area (Å²) in [5, 5.41) is 7.08. The summed E-state index contributed by atoms with van der Waals surface area (Å²) in [4.78, 5) is 35.5. The molecule has 7 nitrogen and oxygen atoms in total. The number of ether oxygens (including phenoxy) is 1. The largest absolute Gasteiger partial charge is 0.483 e. The molecule has 32 heavy (non-hydrogen) atoms. The second-order valence-electron chi connectivity index (χ2n) is 7.78. The van der Waals surface area contributed by atoms with Crippen LogP contribution in [-0.4, -0.2) is 52.4 Å². The van der Waals surface area contributed by atoms with E-state index in [1.54, 1.807) is 47.2 Å². The summed E-state index contributed by atoms with van der Waals surface area (Å²) in [6.45, 7) is 3.19. The van der Waals surface area contributed by atoms with Crippen molar-refractivity contribution in [2.24, 2.45) is 0 Å². The van der Waals surface area contributed by atoms with E-state index in [4.69, 9.17) is 4.74 Å². The monoisotopic (exact) mass is 466 g/mol. The molecule has 1 aliphatic rings. The molecule has 9 heteroatoms. The lowest BCUT2D eigenvalue weighted by Crippen LogP contribution is -2.47. The number of pyridine rings is 1. The Labute approximate surface area is 193 Å². The molecular formula is C23H22N4O3S2. The summed E-state index contributed by atoms with van der Waals surface area (Å²) in [5.74, 6) is 0.565. The Morgan fingerprint density at radius 3 is 2.91 bits per heavy atom. The SMILES string of the molecule is Cc1nc2c(cc(OCC(=O)N3CCC(NC(=O)c4cccnc4)CC3)c3ccsc32)s1. The maximum atomic E-state index is 12.8.